The minimum absolute atomic E-state index is 0.112. The van der Waals surface area contributed by atoms with E-state index in [0.717, 1.165) is 50.9 Å². The zero-order chi connectivity index (χ0) is 20.9. The summed E-state index contributed by atoms with van der Waals surface area (Å²) in [6, 6.07) is 3.06. The van der Waals surface area contributed by atoms with Crippen LogP contribution in [0.25, 0.3) is 0 Å². The van der Waals surface area contributed by atoms with E-state index in [-0.39, 0.29) is 22.5 Å². The molecule has 0 radical (unpaired) electrons. The van der Waals surface area contributed by atoms with E-state index in [9.17, 15) is 17.6 Å². The molecule has 158 valence electrons. The maximum absolute atomic E-state index is 14.1. The summed E-state index contributed by atoms with van der Waals surface area (Å²) >= 11 is 0. The Morgan fingerprint density at radius 2 is 1.82 bits per heavy atom. The number of rotatable bonds is 8. The summed E-state index contributed by atoms with van der Waals surface area (Å²) in [5, 5.41) is 2.73. The van der Waals surface area contributed by atoms with E-state index in [1.807, 2.05) is 6.92 Å². The molecule has 1 aromatic carbocycles. The predicted octanol–water partition coefficient (Wildman–Crippen LogP) is 1.27. The summed E-state index contributed by atoms with van der Waals surface area (Å²) in [5.74, 6) is -1.36. The third-order valence-corrected chi connectivity index (χ3v) is 6.58. The van der Waals surface area contributed by atoms with Crippen LogP contribution in [-0.4, -0.2) is 75.5 Å². The number of benzene rings is 1. The van der Waals surface area contributed by atoms with Crippen LogP contribution in [-0.2, 0) is 10.0 Å². The first-order chi connectivity index (χ1) is 13.1. The van der Waals surface area contributed by atoms with E-state index in [4.69, 9.17) is 0 Å². The number of hydrogen-bond donors (Lipinski definition) is 2. The number of hydrogen-bond acceptors (Lipinski definition) is 5. The molecular formula is C19H31FN4O3S. The molecule has 1 amide bonds. The van der Waals surface area contributed by atoms with E-state index in [1.165, 1.54) is 0 Å². The number of amides is 1. The van der Waals surface area contributed by atoms with Crippen LogP contribution in [0.4, 0.5) is 4.39 Å². The number of piperazine rings is 1. The smallest absolute Gasteiger partial charge is 0.254 e. The van der Waals surface area contributed by atoms with Gasteiger partial charge in [0.1, 0.15) is 5.82 Å². The van der Waals surface area contributed by atoms with Crippen LogP contribution in [0, 0.1) is 5.82 Å². The molecule has 1 unspecified atom stereocenters. The van der Waals surface area contributed by atoms with Crippen molar-refractivity contribution in [1.82, 2.24) is 19.8 Å². The summed E-state index contributed by atoms with van der Waals surface area (Å²) in [4.78, 5) is 17.0. The number of carbonyl (C=O) groups is 1. The van der Waals surface area contributed by atoms with Gasteiger partial charge in [0.15, 0.2) is 0 Å². The van der Waals surface area contributed by atoms with Gasteiger partial charge in [-0.2, -0.15) is 0 Å². The summed E-state index contributed by atoms with van der Waals surface area (Å²) in [7, 11) is -3.80. The summed E-state index contributed by atoms with van der Waals surface area (Å²) in [5.41, 5.74) is -0.269. The molecule has 28 heavy (non-hydrogen) atoms. The predicted molar refractivity (Wildman–Crippen MR) is 107 cm³/mol. The molecule has 9 heteroatoms. The average Bonchev–Trinajstić information content (AvgIpc) is 2.65. The fourth-order valence-electron chi connectivity index (χ4n) is 3.21. The molecule has 0 spiro atoms. The number of carbonyl (C=O) groups excluding carboxylic acids is 1. The number of nitrogens with one attached hydrogen (secondary N) is 2. The Morgan fingerprint density at radius 3 is 2.39 bits per heavy atom. The quantitative estimate of drug-likeness (QED) is 0.670. The molecule has 1 heterocycles. The van der Waals surface area contributed by atoms with Gasteiger partial charge in [-0.25, -0.2) is 17.5 Å². The first-order valence-electron chi connectivity index (χ1n) is 9.70. The molecule has 1 fully saturated rings. The molecule has 2 rings (SSSR count). The highest BCUT2D eigenvalue weighted by atomic mass is 32.2. The average molecular weight is 415 g/mol. The Morgan fingerprint density at radius 1 is 1.18 bits per heavy atom. The largest absolute Gasteiger partial charge is 0.350 e. The van der Waals surface area contributed by atoms with Crippen molar-refractivity contribution < 1.29 is 17.6 Å². The molecule has 1 aliphatic heterocycles. The molecule has 7 nitrogen and oxygen atoms in total. The van der Waals surface area contributed by atoms with Gasteiger partial charge < -0.3 is 10.2 Å². The van der Waals surface area contributed by atoms with Crippen LogP contribution in [0.1, 0.15) is 38.1 Å². The van der Waals surface area contributed by atoms with E-state index in [1.54, 1.807) is 13.8 Å². The van der Waals surface area contributed by atoms with Crippen LogP contribution in [0.3, 0.4) is 0 Å². The zero-order valence-corrected chi connectivity index (χ0v) is 17.9. The number of likely N-dealkylation sites (N-methyl/N-ethyl adjacent to an activating group) is 1. The standard InChI is InChI=1S/C19H31FN4O3S/c1-5-23-8-10-24(11-9-23)15(4)13-21-19(25)17-12-16(6-7-18(17)20)28(26,27)22-14(2)3/h6-7,12,14-15,22H,5,8-11,13H2,1-4H3,(H,21,25). The Balaban J connectivity index is 2.01. The Bertz CT molecular complexity index is 777. The zero-order valence-electron chi connectivity index (χ0n) is 17.0. The minimum Gasteiger partial charge on any atom is -0.350 e. The maximum Gasteiger partial charge on any atom is 0.254 e. The highest BCUT2D eigenvalue weighted by Crippen LogP contribution is 2.16. The first-order valence-corrected chi connectivity index (χ1v) is 11.2. The van der Waals surface area contributed by atoms with Gasteiger partial charge >= 0.3 is 0 Å². The minimum atomic E-state index is -3.80. The Hall–Kier alpha value is -1.55. The van der Waals surface area contributed by atoms with Crippen molar-refractivity contribution in [3.63, 3.8) is 0 Å². The van der Waals surface area contributed by atoms with Crippen molar-refractivity contribution >= 4 is 15.9 Å². The molecule has 0 aliphatic carbocycles. The molecule has 1 aliphatic rings. The fraction of sp³-hybridized carbons (Fsp3) is 0.632. The topological polar surface area (TPSA) is 81.8 Å². The number of halogens is 1. The van der Waals surface area contributed by atoms with Gasteiger partial charge in [0.05, 0.1) is 10.5 Å². The van der Waals surface area contributed by atoms with Gasteiger partial charge in [0.2, 0.25) is 10.0 Å². The fourth-order valence-corrected chi connectivity index (χ4v) is 4.49. The Labute approximate surface area is 167 Å². The molecule has 1 aromatic rings. The number of nitrogens with zero attached hydrogens (tertiary/aromatic N) is 2. The first kappa shape index (κ1) is 22.7. The van der Waals surface area contributed by atoms with Crippen LogP contribution >= 0.6 is 0 Å². The lowest BCUT2D eigenvalue weighted by atomic mass is 10.2. The maximum atomic E-state index is 14.1. The van der Waals surface area contributed by atoms with Gasteiger partial charge in [-0.3, -0.25) is 9.69 Å². The monoisotopic (exact) mass is 414 g/mol. The molecule has 0 saturated carbocycles. The summed E-state index contributed by atoms with van der Waals surface area (Å²) in [6.07, 6.45) is 0. The SMILES string of the molecule is CCN1CCN(C(C)CNC(=O)c2cc(S(=O)(=O)NC(C)C)ccc2F)CC1. The molecule has 0 bridgehead atoms. The van der Waals surface area contributed by atoms with Crippen LogP contribution < -0.4 is 10.0 Å². The lowest BCUT2D eigenvalue weighted by Crippen LogP contribution is -2.52. The van der Waals surface area contributed by atoms with Gasteiger partial charge in [0.25, 0.3) is 5.91 Å². The van der Waals surface area contributed by atoms with Gasteiger partial charge in [0, 0.05) is 44.8 Å². The van der Waals surface area contributed by atoms with Gasteiger partial charge in [-0.15, -0.1) is 0 Å². The second-order valence-corrected chi connectivity index (χ2v) is 9.16. The highest BCUT2D eigenvalue weighted by molar-refractivity contribution is 7.89. The molecular weight excluding hydrogens is 383 g/mol. The van der Waals surface area contributed by atoms with Gasteiger partial charge in [-0.1, -0.05) is 6.92 Å². The van der Waals surface area contributed by atoms with Gasteiger partial charge in [-0.05, 0) is 45.5 Å². The summed E-state index contributed by atoms with van der Waals surface area (Å²) in [6.45, 7) is 12.8. The third-order valence-electron chi connectivity index (χ3n) is 4.92. The normalized spacial score (nSPS) is 17.6. The molecule has 1 atom stereocenters. The van der Waals surface area contributed by atoms with E-state index in [0.29, 0.717) is 6.54 Å². The van der Waals surface area contributed by atoms with Crippen LogP contribution in [0.2, 0.25) is 0 Å². The lowest BCUT2D eigenvalue weighted by Gasteiger charge is -2.37. The van der Waals surface area contributed by atoms with Crippen molar-refractivity contribution in [3.8, 4) is 0 Å². The lowest BCUT2D eigenvalue weighted by molar-refractivity contribution is 0.0879. The van der Waals surface area contributed by atoms with Crippen molar-refractivity contribution in [3.05, 3.63) is 29.6 Å². The molecule has 2 N–H and O–H groups in total. The highest BCUT2D eigenvalue weighted by Gasteiger charge is 2.23. The van der Waals surface area contributed by atoms with Crippen molar-refractivity contribution in [2.45, 2.75) is 44.7 Å². The van der Waals surface area contributed by atoms with Crippen LogP contribution in [0.15, 0.2) is 23.1 Å². The second kappa shape index (κ2) is 9.78. The van der Waals surface area contributed by atoms with E-state index < -0.39 is 21.7 Å². The van der Waals surface area contributed by atoms with E-state index in [2.05, 4.69) is 26.8 Å². The summed E-state index contributed by atoms with van der Waals surface area (Å²) < 4.78 is 41.1. The van der Waals surface area contributed by atoms with Crippen LogP contribution in [0.5, 0.6) is 0 Å². The second-order valence-electron chi connectivity index (χ2n) is 7.45. The van der Waals surface area contributed by atoms with Crippen molar-refractivity contribution in [2.75, 3.05) is 39.3 Å². The van der Waals surface area contributed by atoms with Crippen molar-refractivity contribution in [2.24, 2.45) is 0 Å². The van der Waals surface area contributed by atoms with E-state index >= 15 is 0 Å². The molecule has 1 saturated heterocycles. The number of sulfonamides is 1. The Kier molecular flexibility index (Phi) is 7.94. The third kappa shape index (κ3) is 5.97. The van der Waals surface area contributed by atoms with Crippen molar-refractivity contribution in [1.29, 1.82) is 0 Å². The molecule has 0 aromatic heterocycles.